The lowest BCUT2D eigenvalue weighted by Gasteiger charge is -2.07. The molecule has 0 amide bonds. The summed E-state index contributed by atoms with van der Waals surface area (Å²) in [7, 11) is 0. The first-order chi connectivity index (χ1) is 12.0. The van der Waals surface area contributed by atoms with E-state index in [0.717, 1.165) is 0 Å². The van der Waals surface area contributed by atoms with E-state index in [9.17, 15) is 0 Å². The Labute approximate surface area is 144 Å². The predicted octanol–water partition coefficient (Wildman–Crippen LogP) is 0.663. The zero-order chi connectivity index (χ0) is 17.0. The summed E-state index contributed by atoms with van der Waals surface area (Å²) in [6.45, 7) is 6.09. The third kappa shape index (κ3) is 15.5. The third-order valence-corrected chi connectivity index (χ3v) is 2.66. The van der Waals surface area contributed by atoms with Crippen LogP contribution in [0.4, 0.5) is 0 Å². The summed E-state index contributed by atoms with van der Waals surface area (Å²) in [6.07, 6.45) is 3.37. The van der Waals surface area contributed by atoms with E-state index >= 15 is 0 Å². The van der Waals surface area contributed by atoms with E-state index < -0.39 is 0 Å². The second kappa shape index (κ2) is 18.0. The average Bonchev–Trinajstić information content (AvgIpc) is 2.59. The number of ether oxygens (including phenoxy) is 6. The van der Waals surface area contributed by atoms with E-state index in [1.54, 1.807) is 12.2 Å². The molecule has 0 aromatic rings. The second-order valence-corrected chi connectivity index (χ2v) is 4.53. The molecule has 0 N–H and O–H groups in total. The molecule has 0 atom stereocenters. The highest BCUT2D eigenvalue weighted by Crippen LogP contribution is 1.84. The normalized spacial score (nSPS) is 22.0. The van der Waals surface area contributed by atoms with E-state index in [1.807, 2.05) is 0 Å². The van der Waals surface area contributed by atoms with E-state index in [2.05, 4.69) is 23.7 Å². The van der Waals surface area contributed by atoms with Crippen LogP contribution in [0.5, 0.6) is 0 Å². The van der Waals surface area contributed by atoms with E-state index in [-0.39, 0.29) is 0 Å². The van der Waals surface area contributed by atoms with Crippen LogP contribution in [0, 0.1) is 23.7 Å². The molecule has 0 fully saturated rings. The summed E-state index contributed by atoms with van der Waals surface area (Å²) in [5, 5.41) is 0. The van der Waals surface area contributed by atoms with Gasteiger partial charge in [0.25, 0.3) is 0 Å². The molecule has 0 radical (unpaired) electrons. The van der Waals surface area contributed by atoms with Crippen LogP contribution >= 0.6 is 0 Å². The van der Waals surface area contributed by atoms with Crippen LogP contribution in [-0.4, -0.2) is 79.3 Å². The molecule has 24 heavy (non-hydrogen) atoms. The van der Waals surface area contributed by atoms with Gasteiger partial charge in [0.05, 0.1) is 66.1 Å². The predicted molar refractivity (Wildman–Crippen MR) is 89.6 cm³/mol. The van der Waals surface area contributed by atoms with Gasteiger partial charge >= 0.3 is 0 Å². The fourth-order valence-corrected chi connectivity index (χ4v) is 1.53. The minimum Gasteiger partial charge on any atom is -0.377 e. The number of hydrogen-bond acceptors (Lipinski definition) is 6. The third-order valence-electron chi connectivity index (χ3n) is 2.66. The fourth-order valence-electron chi connectivity index (χ4n) is 1.53. The van der Waals surface area contributed by atoms with Gasteiger partial charge in [-0.05, 0) is 12.2 Å². The van der Waals surface area contributed by atoms with Crippen LogP contribution in [0.25, 0.3) is 0 Å². The van der Waals surface area contributed by atoms with Gasteiger partial charge in [-0.25, -0.2) is 0 Å². The van der Waals surface area contributed by atoms with Crippen LogP contribution < -0.4 is 0 Å². The summed E-state index contributed by atoms with van der Waals surface area (Å²) in [6, 6.07) is 0. The molecule has 1 aliphatic heterocycles. The molecule has 0 aromatic heterocycles. The summed E-state index contributed by atoms with van der Waals surface area (Å²) >= 11 is 0. The van der Waals surface area contributed by atoms with Crippen molar-refractivity contribution in [2.45, 2.75) is 0 Å². The molecule has 0 saturated carbocycles. The number of hydrogen-bond donors (Lipinski definition) is 0. The molecule has 0 aromatic carbocycles. The van der Waals surface area contributed by atoms with Crippen molar-refractivity contribution < 1.29 is 28.4 Å². The topological polar surface area (TPSA) is 55.4 Å². The lowest BCUT2D eigenvalue weighted by atomic mass is 10.4. The Morgan fingerprint density at radius 3 is 1.04 bits per heavy atom. The maximum atomic E-state index is 5.38. The van der Waals surface area contributed by atoms with Gasteiger partial charge in [0.2, 0.25) is 0 Å². The van der Waals surface area contributed by atoms with Gasteiger partial charge in [0.15, 0.2) is 0 Å². The molecule has 0 unspecified atom stereocenters. The second-order valence-electron chi connectivity index (χ2n) is 4.53. The van der Waals surface area contributed by atoms with Crippen molar-refractivity contribution in [3.8, 4) is 23.7 Å². The molecule has 6 heteroatoms. The highest BCUT2D eigenvalue weighted by Gasteiger charge is 1.93. The molecular formula is C18H26O6. The molecule has 6 nitrogen and oxygen atoms in total. The Hall–Kier alpha value is -1.38. The Balaban J connectivity index is 2.18. The van der Waals surface area contributed by atoms with Crippen molar-refractivity contribution in [1.29, 1.82) is 0 Å². The number of rotatable bonds is 0. The highest BCUT2D eigenvalue weighted by atomic mass is 16.6. The molecule has 1 aliphatic rings. The smallest absolute Gasteiger partial charge is 0.108 e. The monoisotopic (exact) mass is 338 g/mol. The largest absolute Gasteiger partial charge is 0.377 e. The first-order valence-corrected chi connectivity index (χ1v) is 8.08. The van der Waals surface area contributed by atoms with Crippen LogP contribution in [0.15, 0.2) is 12.2 Å². The highest BCUT2D eigenvalue weighted by molar-refractivity contribution is 5.24. The molecule has 1 heterocycles. The standard InChI is InChI=1S/C18H26O6/c1-2-4-6-8-20-10-12-22-14-16-24-18-17-23-15-13-21-11-9-19-7-5-3-1/h1-2H,7-18H2/b2-1-. The van der Waals surface area contributed by atoms with Crippen LogP contribution in [0.2, 0.25) is 0 Å². The minimum atomic E-state index is 0.373. The van der Waals surface area contributed by atoms with Crippen molar-refractivity contribution in [1.82, 2.24) is 0 Å². The van der Waals surface area contributed by atoms with Crippen molar-refractivity contribution in [3.63, 3.8) is 0 Å². The molecule has 0 bridgehead atoms. The molecular weight excluding hydrogens is 312 g/mol. The maximum absolute atomic E-state index is 5.38. The van der Waals surface area contributed by atoms with Crippen molar-refractivity contribution >= 4 is 0 Å². The van der Waals surface area contributed by atoms with E-state index in [4.69, 9.17) is 28.4 Å². The van der Waals surface area contributed by atoms with Gasteiger partial charge in [-0.15, -0.1) is 0 Å². The quantitative estimate of drug-likeness (QED) is 0.605. The van der Waals surface area contributed by atoms with Gasteiger partial charge in [-0.3, -0.25) is 0 Å². The zero-order valence-corrected chi connectivity index (χ0v) is 14.1. The van der Waals surface area contributed by atoms with Crippen LogP contribution in [0.1, 0.15) is 0 Å². The van der Waals surface area contributed by atoms with Gasteiger partial charge < -0.3 is 28.4 Å². The first kappa shape index (κ1) is 20.7. The van der Waals surface area contributed by atoms with Crippen molar-refractivity contribution in [3.05, 3.63) is 12.2 Å². The van der Waals surface area contributed by atoms with Crippen molar-refractivity contribution in [2.24, 2.45) is 0 Å². The van der Waals surface area contributed by atoms with Crippen molar-refractivity contribution in [2.75, 3.05) is 79.3 Å². The first-order valence-electron chi connectivity index (χ1n) is 8.08. The Morgan fingerprint density at radius 1 is 0.417 bits per heavy atom. The van der Waals surface area contributed by atoms with Gasteiger partial charge in [0, 0.05) is 0 Å². The summed E-state index contributed by atoms with van der Waals surface area (Å²) in [5.41, 5.74) is 0. The Bertz CT molecular complexity index is 386. The summed E-state index contributed by atoms with van der Waals surface area (Å²) < 4.78 is 32.1. The lowest BCUT2D eigenvalue weighted by Crippen LogP contribution is -2.14. The summed E-state index contributed by atoms with van der Waals surface area (Å²) in [4.78, 5) is 0. The van der Waals surface area contributed by atoms with Gasteiger partial charge in [-0.1, -0.05) is 23.7 Å². The molecule has 1 rings (SSSR count). The van der Waals surface area contributed by atoms with E-state index in [1.165, 1.54) is 0 Å². The fraction of sp³-hybridized carbons (Fsp3) is 0.667. The Kier molecular flexibility index (Phi) is 15.5. The van der Waals surface area contributed by atoms with E-state index in [0.29, 0.717) is 79.3 Å². The SMILES string of the molecule is C1#CCOCCOCCOCCOCCOCCOCC#C/C=C\1. The molecule has 0 saturated heterocycles. The number of allylic oxidation sites excluding steroid dienone is 2. The molecule has 0 spiro atoms. The van der Waals surface area contributed by atoms with Crippen LogP contribution in [-0.2, 0) is 28.4 Å². The average molecular weight is 338 g/mol. The Morgan fingerprint density at radius 2 is 0.708 bits per heavy atom. The minimum absolute atomic E-state index is 0.373. The van der Waals surface area contributed by atoms with Crippen LogP contribution in [0.3, 0.4) is 0 Å². The van der Waals surface area contributed by atoms with Gasteiger partial charge in [0.1, 0.15) is 13.2 Å². The molecule has 134 valence electrons. The zero-order valence-electron chi connectivity index (χ0n) is 14.1. The molecule has 0 aliphatic carbocycles. The summed E-state index contributed by atoms with van der Waals surface area (Å²) in [5.74, 6) is 11.4. The lowest BCUT2D eigenvalue weighted by molar-refractivity contribution is -0.0142. The maximum Gasteiger partial charge on any atom is 0.108 e. The van der Waals surface area contributed by atoms with Gasteiger partial charge in [-0.2, -0.15) is 0 Å².